The molecule has 0 fully saturated rings. The molecule has 0 bridgehead atoms. The highest BCUT2D eigenvalue weighted by Crippen LogP contribution is 2.44. The second kappa shape index (κ2) is 13.2. The van der Waals surface area contributed by atoms with Crippen molar-refractivity contribution in [3.63, 3.8) is 0 Å². The Balaban J connectivity index is 1.75. The summed E-state index contributed by atoms with van der Waals surface area (Å²) in [5.41, 5.74) is 7.44. The summed E-state index contributed by atoms with van der Waals surface area (Å²) in [5.74, 6) is 1.30. The van der Waals surface area contributed by atoms with Crippen molar-refractivity contribution in [2.24, 2.45) is 0 Å². The van der Waals surface area contributed by atoms with E-state index in [1.165, 1.54) is 33.4 Å². The first-order valence-electron chi connectivity index (χ1n) is 12.3. The van der Waals surface area contributed by atoms with E-state index in [2.05, 4.69) is 114 Å². The zero-order valence-electron chi connectivity index (χ0n) is 21.5. The summed E-state index contributed by atoms with van der Waals surface area (Å²) in [6.07, 6.45) is 0. The highest BCUT2D eigenvalue weighted by atomic mass is 31.2. The molecule has 3 rings (SSSR count). The quantitative estimate of drug-likeness (QED) is 0.243. The van der Waals surface area contributed by atoms with E-state index in [1.54, 1.807) is 0 Å². The van der Waals surface area contributed by atoms with Crippen LogP contribution in [0.15, 0.2) is 72.8 Å². The van der Waals surface area contributed by atoms with Gasteiger partial charge in [-0.05, 0) is 51.1 Å². The lowest BCUT2D eigenvalue weighted by Gasteiger charge is -2.21. The lowest BCUT2D eigenvalue weighted by molar-refractivity contribution is 0.143. The van der Waals surface area contributed by atoms with Crippen LogP contribution in [0.25, 0.3) is 0 Å². The monoisotopic (exact) mass is 478 g/mol. The fourth-order valence-electron chi connectivity index (χ4n) is 4.17. The number of hydrogen-bond donors (Lipinski definition) is 0. The Kier molecular flexibility index (Phi) is 10.3. The fourth-order valence-corrected chi connectivity index (χ4v) is 5.12. The van der Waals surface area contributed by atoms with E-state index in [9.17, 15) is 0 Å². The summed E-state index contributed by atoms with van der Waals surface area (Å²) in [5, 5.41) is 0. The van der Waals surface area contributed by atoms with Gasteiger partial charge in [0.25, 0.3) is 0 Å². The second-order valence-corrected chi connectivity index (χ2v) is 10.8. The molecule has 0 saturated carbocycles. The highest BCUT2D eigenvalue weighted by Gasteiger charge is 2.18. The first kappa shape index (κ1) is 26.6. The minimum atomic E-state index is -1.53. The van der Waals surface area contributed by atoms with Crippen LogP contribution in [0.5, 0.6) is 0 Å². The maximum absolute atomic E-state index is 6.28. The van der Waals surface area contributed by atoms with Crippen molar-refractivity contribution in [2.45, 2.75) is 79.1 Å². The van der Waals surface area contributed by atoms with Gasteiger partial charge >= 0.3 is 8.60 Å². The van der Waals surface area contributed by atoms with Gasteiger partial charge in [0.2, 0.25) is 0 Å². The van der Waals surface area contributed by atoms with Gasteiger partial charge in [-0.15, -0.1) is 0 Å². The summed E-state index contributed by atoms with van der Waals surface area (Å²) in [6, 6.07) is 25.3. The van der Waals surface area contributed by atoms with E-state index in [-0.39, 0.29) is 0 Å². The molecule has 0 saturated heterocycles. The lowest BCUT2D eigenvalue weighted by Crippen LogP contribution is -2.03. The number of benzene rings is 3. The minimum absolute atomic E-state index is 0.434. The van der Waals surface area contributed by atoms with Crippen LogP contribution in [0, 0.1) is 0 Å². The predicted octanol–water partition coefficient (Wildman–Crippen LogP) is 9.23. The van der Waals surface area contributed by atoms with Crippen LogP contribution in [0.2, 0.25) is 0 Å². The molecule has 0 aliphatic rings. The predicted molar refractivity (Wildman–Crippen MR) is 143 cm³/mol. The molecule has 182 valence electrons. The largest absolute Gasteiger partial charge is 0.333 e. The van der Waals surface area contributed by atoms with Gasteiger partial charge in [0.05, 0.1) is 19.8 Å². The van der Waals surface area contributed by atoms with Gasteiger partial charge in [0, 0.05) is 0 Å². The molecule has 0 aliphatic heterocycles. The van der Waals surface area contributed by atoms with Crippen LogP contribution >= 0.6 is 8.60 Å². The smallest absolute Gasteiger partial charge is 0.307 e. The molecular weight excluding hydrogens is 439 g/mol. The Labute approximate surface area is 207 Å². The van der Waals surface area contributed by atoms with E-state index in [1.807, 2.05) is 0 Å². The number of hydrogen-bond acceptors (Lipinski definition) is 3. The van der Waals surface area contributed by atoms with Gasteiger partial charge in [-0.25, -0.2) is 0 Å². The standard InChI is InChI=1S/C30H39O3P/c1-22(2)28-16-10-7-13-25(28)19-31-34(32-20-26-14-8-11-17-29(26)23(3)4)33-21-27-15-9-12-18-30(27)24(5)6/h7-18,22-24H,19-21H2,1-6H3. The summed E-state index contributed by atoms with van der Waals surface area (Å²) in [6.45, 7) is 14.7. The van der Waals surface area contributed by atoms with Crippen molar-refractivity contribution in [3.8, 4) is 0 Å². The Hall–Kier alpha value is -2.03. The van der Waals surface area contributed by atoms with Crippen LogP contribution in [-0.2, 0) is 33.4 Å². The molecule has 4 heteroatoms. The van der Waals surface area contributed by atoms with E-state index in [0.717, 1.165) is 0 Å². The van der Waals surface area contributed by atoms with E-state index in [4.69, 9.17) is 13.6 Å². The molecule has 0 radical (unpaired) electrons. The van der Waals surface area contributed by atoms with Gasteiger partial charge in [0.1, 0.15) is 0 Å². The molecule has 34 heavy (non-hydrogen) atoms. The molecular formula is C30H39O3P. The molecule has 0 N–H and O–H groups in total. The van der Waals surface area contributed by atoms with Crippen molar-refractivity contribution in [3.05, 3.63) is 106 Å². The normalized spacial score (nSPS) is 11.8. The Bertz CT molecular complexity index is 897. The average Bonchev–Trinajstić information content (AvgIpc) is 2.83. The van der Waals surface area contributed by atoms with Crippen LogP contribution in [0.4, 0.5) is 0 Å². The first-order valence-corrected chi connectivity index (χ1v) is 13.4. The Morgan fingerprint density at radius 1 is 0.471 bits per heavy atom. The molecule has 3 aromatic rings. The molecule has 0 amide bonds. The van der Waals surface area contributed by atoms with Crippen LogP contribution in [0.3, 0.4) is 0 Å². The van der Waals surface area contributed by atoms with Gasteiger partial charge in [-0.2, -0.15) is 0 Å². The van der Waals surface area contributed by atoms with Gasteiger partial charge in [0.15, 0.2) is 0 Å². The SMILES string of the molecule is CC(C)c1ccccc1COP(OCc1ccccc1C(C)C)OCc1ccccc1C(C)C. The minimum Gasteiger partial charge on any atom is -0.307 e. The summed E-state index contributed by atoms with van der Waals surface area (Å²) < 4.78 is 18.9. The molecule has 3 nitrogen and oxygen atoms in total. The highest BCUT2D eigenvalue weighted by molar-refractivity contribution is 7.41. The van der Waals surface area contributed by atoms with Crippen LogP contribution in [-0.4, -0.2) is 0 Å². The second-order valence-electron chi connectivity index (χ2n) is 9.60. The maximum atomic E-state index is 6.28. The zero-order chi connectivity index (χ0) is 24.5. The van der Waals surface area contributed by atoms with Gasteiger partial charge in [-0.1, -0.05) is 114 Å². The molecule has 3 aromatic carbocycles. The molecule has 0 aliphatic carbocycles. The molecule has 0 heterocycles. The Morgan fingerprint density at radius 2 is 0.735 bits per heavy atom. The third-order valence-corrected chi connectivity index (χ3v) is 7.03. The summed E-state index contributed by atoms with van der Waals surface area (Å²) >= 11 is 0. The van der Waals surface area contributed by atoms with E-state index < -0.39 is 8.60 Å². The molecule has 0 unspecified atom stereocenters. The molecule has 0 atom stereocenters. The first-order chi connectivity index (χ1) is 16.4. The van der Waals surface area contributed by atoms with Crippen molar-refractivity contribution in [1.82, 2.24) is 0 Å². The number of rotatable bonds is 12. The summed E-state index contributed by atoms with van der Waals surface area (Å²) in [4.78, 5) is 0. The molecule has 0 aromatic heterocycles. The maximum Gasteiger partial charge on any atom is 0.333 e. The summed E-state index contributed by atoms with van der Waals surface area (Å²) in [7, 11) is -1.53. The lowest BCUT2D eigenvalue weighted by atomic mass is 9.98. The van der Waals surface area contributed by atoms with Crippen molar-refractivity contribution >= 4 is 8.60 Å². The van der Waals surface area contributed by atoms with Crippen molar-refractivity contribution in [1.29, 1.82) is 0 Å². The van der Waals surface area contributed by atoms with Crippen LogP contribution < -0.4 is 0 Å². The third-order valence-electron chi connectivity index (χ3n) is 6.01. The van der Waals surface area contributed by atoms with Crippen molar-refractivity contribution < 1.29 is 13.6 Å². The Morgan fingerprint density at radius 3 is 1.00 bits per heavy atom. The third kappa shape index (κ3) is 7.48. The zero-order valence-corrected chi connectivity index (χ0v) is 22.3. The van der Waals surface area contributed by atoms with Crippen molar-refractivity contribution in [2.75, 3.05) is 0 Å². The van der Waals surface area contributed by atoms with E-state index >= 15 is 0 Å². The molecule has 0 spiro atoms. The van der Waals surface area contributed by atoms with Gasteiger partial charge < -0.3 is 13.6 Å². The fraction of sp³-hybridized carbons (Fsp3) is 0.400. The topological polar surface area (TPSA) is 27.7 Å². The van der Waals surface area contributed by atoms with Gasteiger partial charge in [-0.3, -0.25) is 0 Å². The van der Waals surface area contributed by atoms with E-state index in [0.29, 0.717) is 37.6 Å². The van der Waals surface area contributed by atoms with Crippen LogP contribution in [0.1, 0.15) is 92.7 Å². The average molecular weight is 479 g/mol.